The van der Waals surface area contributed by atoms with Gasteiger partial charge < -0.3 is 16.0 Å². The molecule has 9 nitrogen and oxygen atoms in total. The van der Waals surface area contributed by atoms with Crippen molar-refractivity contribution in [1.29, 1.82) is 0 Å². The molecule has 1 aliphatic rings. The van der Waals surface area contributed by atoms with Crippen LogP contribution in [0.3, 0.4) is 0 Å². The van der Waals surface area contributed by atoms with Crippen LogP contribution in [0, 0.1) is 0 Å². The summed E-state index contributed by atoms with van der Waals surface area (Å²) in [6, 6.07) is -0.184. The van der Waals surface area contributed by atoms with E-state index >= 15 is 0 Å². The maximum absolute atomic E-state index is 12.1. The second-order valence-electron chi connectivity index (χ2n) is 6.41. The lowest BCUT2D eigenvalue weighted by Gasteiger charge is -2.12. The van der Waals surface area contributed by atoms with Crippen LogP contribution in [0.15, 0.2) is 11.4 Å². The fraction of sp³-hybridized carbons (Fsp3) is 0.562. The van der Waals surface area contributed by atoms with Crippen LogP contribution >= 0.6 is 11.8 Å². The second-order valence-corrected chi connectivity index (χ2v) is 7.19. The van der Waals surface area contributed by atoms with Crippen LogP contribution in [0.2, 0.25) is 0 Å². The molecule has 140 valence electrons. The van der Waals surface area contributed by atoms with Gasteiger partial charge in [-0.2, -0.15) is 5.10 Å². The number of fused-ring (bicyclic) bond motifs is 1. The van der Waals surface area contributed by atoms with E-state index in [1.807, 2.05) is 6.26 Å². The van der Waals surface area contributed by atoms with E-state index in [1.54, 1.807) is 10.9 Å². The molecular formula is C16H23N7O2S. The van der Waals surface area contributed by atoms with Crippen molar-refractivity contribution in [2.45, 2.75) is 50.5 Å². The number of hydrogen-bond donors (Lipinski definition) is 3. The molecule has 2 aromatic heterocycles. The third-order valence-electron chi connectivity index (χ3n) is 4.02. The molecule has 3 N–H and O–H groups in total. The average Bonchev–Trinajstić information content (AvgIpc) is 3.21. The third-order valence-corrected chi connectivity index (χ3v) is 4.57. The molecule has 3 rings (SSSR count). The molecule has 0 spiro atoms. The molecule has 1 fully saturated rings. The van der Waals surface area contributed by atoms with Gasteiger partial charge in [-0.05, 0) is 26.5 Å². The first-order valence-corrected chi connectivity index (χ1v) is 9.81. The van der Waals surface area contributed by atoms with Crippen molar-refractivity contribution < 1.29 is 9.59 Å². The molecule has 1 aliphatic heterocycles. The number of carbonyl (C=O) groups is 2. The molecule has 1 saturated heterocycles. The fourth-order valence-corrected chi connectivity index (χ4v) is 3.15. The van der Waals surface area contributed by atoms with Crippen LogP contribution in [-0.4, -0.2) is 56.4 Å². The van der Waals surface area contributed by atoms with E-state index in [-0.39, 0.29) is 17.9 Å². The van der Waals surface area contributed by atoms with Gasteiger partial charge in [0, 0.05) is 19.0 Å². The monoisotopic (exact) mass is 377 g/mol. The molecule has 0 radical (unpaired) electrons. The largest absolute Gasteiger partial charge is 0.367 e. The van der Waals surface area contributed by atoms with E-state index in [2.05, 4.69) is 44.9 Å². The van der Waals surface area contributed by atoms with Crippen molar-refractivity contribution in [1.82, 2.24) is 30.4 Å². The zero-order chi connectivity index (χ0) is 18.7. The highest BCUT2D eigenvalue weighted by Crippen LogP contribution is 2.23. The van der Waals surface area contributed by atoms with E-state index in [0.29, 0.717) is 31.1 Å². The van der Waals surface area contributed by atoms with Gasteiger partial charge in [0.2, 0.25) is 11.8 Å². The van der Waals surface area contributed by atoms with E-state index < -0.39 is 6.04 Å². The summed E-state index contributed by atoms with van der Waals surface area (Å²) in [6.07, 6.45) is 4.62. The van der Waals surface area contributed by atoms with Crippen molar-refractivity contribution in [2.24, 2.45) is 0 Å². The Hall–Kier alpha value is -2.36. The summed E-state index contributed by atoms with van der Waals surface area (Å²) >= 11 is 1.47. The minimum Gasteiger partial charge on any atom is -0.367 e. The number of amides is 2. The van der Waals surface area contributed by atoms with Crippen LogP contribution in [0.5, 0.6) is 0 Å². The fourth-order valence-electron chi connectivity index (χ4n) is 2.79. The Kier molecular flexibility index (Phi) is 5.60. The first kappa shape index (κ1) is 18.4. The Labute approximate surface area is 155 Å². The number of anilines is 1. The first-order chi connectivity index (χ1) is 12.5. The third kappa shape index (κ3) is 4.06. The van der Waals surface area contributed by atoms with Crippen molar-refractivity contribution >= 4 is 40.4 Å². The van der Waals surface area contributed by atoms with E-state index in [9.17, 15) is 9.59 Å². The molecule has 0 saturated carbocycles. The Morgan fingerprint density at radius 1 is 1.46 bits per heavy atom. The normalized spacial score (nSPS) is 16.9. The van der Waals surface area contributed by atoms with Crippen LogP contribution < -0.4 is 16.0 Å². The highest BCUT2D eigenvalue weighted by molar-refractivity contribution is 7.98. The molecular weight excluding hydrogens is 354 g/mol. The van der Waals surface area contributed by atoms with Gasteiger partial charge in [0.15, 0.2) is 10.8 Å². The molecule has 26 heavy (non-hydrogen) atoms. The van der Waals surface area contributed by atoms with Crippen molar-refractivity contribution in [3.63, 3.8) is 0 Å². The topological polar surface area (TPSA) is 114 Å². The number of hydrogen-bond acceptors (Lipinski definition) is 7. The predicted octanol–water partition coefficient (Wildman–Crippen LogP) is 0.763. The van der Waals surface area contributed by atoms with Gasteiger partial charge in [-0.3, -0.25) is 9.59 Å². The molecule has 1 atom stereocenters. The molecule has 2 amide bonds. The first-order valence-electron chi connectivity index (χ1n) is 8.59. The van der Waals surface area contributed by atoms with Crippen molar-refractivity contribution in [3.05, 3.63) is 6.20 Å². The Bertz CT molecular complexity index is 820. The predicted molar refractivity (Wildman–Crippen MR) is 100 cm³/mol. The highest BCUT2D eigenvalue weighted by Gasteiger charge is 2.26. The average molecular weight is 377 g/mol. The molecule has 1 unspecified atom stereocenters. The molecule has 10 heteroatoms. The van der Waals surface area contributed by atoms with E-state index in [1.165, 1.54) is 11.8 Å². The van der Waals surface area contributed by atoms with Crippen LogP contribution in [-0.2, 0) is 16.1 Å². The summed E-state index contributed by atoms with van der Waals surface area (Å²) in [6.45, 7) is 5.00. The lowest BCUT2D eigenvalue weighted by Crippen LogP contribution is -2.42. The maximum atomic E-state index is 12.1. The Morgan fingerprint density at radius 3 is 2.92 bits per heavy atom. The van der Waals surface area contributed by atoms with Crippen LogP contribution in [0.1, 0.15) is 26.7 Å². The van der Waals surface area contributed by atoms with E-state index in [4.69, 9.17) is 0 Å². The summed E-state index contributed by atoms with van der Waals surface area (Å²) in [7, 11) is 0. The SMILES string of the molecule is CSc1nc(NC(C)C)c2cnn(CCNC(=O)C3CCC(=O)N3)c2n1. The lowest BCUT2D eigenvalue weighted by molar-refractivity contribution is -0.125. The zero-order valence-corrected chi connectivity index (χ0v) is 15.9. The second kappa shape index (κ2) is 7.90. The smallest absolute Gasteiger partial charge is 0.242 e. The van der Waals surface area contributed by atoms with Gasteiger partial charge in [0.05, 0.1) is 18.1 Å². The Balaban J connectivity index is 1.70. The number of carbonyl (C=O) groups excluding carboxylic acids is 2. The van der Waals surface area contributed by atoms with Gasteiger partial charge in [-0.1, -0.05) is 11.8 Å². The number of rotatable bonds is 7. The van der Waals surface area contributed by atoms with Crippen molar-refractivity contribution in [2.75, 3.05) is 18.1 Å². The minimum atomic E-state index is -0.427. The van der Waals surface area contributed by atoms with Gasteiger partial charge >= 0.3 is 0 Å². The van der Waals surface area contributed by atoms with E-state index in [0.717, 1.165) is 16.9 Å². The molecule has 3 heterocycles. The summed E-state index contributed by atoms with van der Waals surface area (Å²) < 4.78 is 1.76. The molecule has 0 aliphatic carbocycles. The summed E-state index contributed by atoms with van der Waals surface area (Å²) in [5.41, 5.74) is 0.732. The van der Waals surface area contributed by atoms with Crippen molar-refractivity contribution in [3.8, 4) is 0 Å². The van der Waals surface area contributed by atoms with Gasteiger partial charge in [-0.15, -0.1) is 0 Å². The molecule has 2 aromatic rings. The van der Waals surface area contributed by atoms with Gasteiger partial charge in [0.1, 0.15) is 11.9 Å². The summed E-state index contributed by atoms with van der Waals surface area (Å²) in [5.74, 6) is 0.530. The number of aromatic nitrogens is 4. The number of thioether (sulfide) groups is 1. The number of nitrogens with one attached hydrogen (secondary N) is 3. The van der Waals surface area contributed by atoms with Gasteiger partial charge in [-0.25, -0.2) is 14.6 Å². The number of nitrogens with zero attached hydrogens (tertiary/aromatic N) is 4. The Morgan fingerprint density at radius 2 is 2.27 bits per heavy atom. The quantitative estimate of drug-likeness (QED) is 0.482. The molecule has 0 aromatic carbocycles. The molecule has 0 bridgehead atoms. The van der Waals surface area contributed by atoms with Crippen LogP contribution in [0.25, 0.3) is 11.0 Å². The standard InChI is InChI=1S/C16H23N7O2S/c1-9(2)19-13-10-8-18-23(14(10)22-16(21-13)26-3)7-6-17-15(25)11-4-5-12(24)20-11/h8-9,11H,4-7H2,1-3H3,(H,17,25)(H,20,24)(H,19,21,22). The zero-order valence-electron chi connectivity index (χ0n) is 15.1. The highest BCUT2D eigenvalue weighted by atomic mass is 32.2. The summed E-state index contributed by atoms with van der Waals surface area (Å²) in [4.78, 5) is 32.3. The lowest BCUT2D eigenvalue weighted by atomic mass is 10.2. The minimum absolute atomic E-state index is 0.0744. The summed E-state index contributed by atoms with van der Waals surface area (Å²) in [5, 5.41) is 14.7. The van der Waals surface area contributed by atoms with Gasteiger partial charge in [0.25, 0.3) is 0 Å². The maximum Gasteiger partial charge on any atom is 0.242 e. The van der Waals surface area contributed by atoms with Crippen LogP contribution in [0.4, 0.5) is 5.82 Å².